The second kappa shape index (κ2) is 7.54. The van der Waals surface area contributed by atoms with Gasteiger partial charge in [-0.2, -0.15) is 0 Å². The van der Waals surface area contributed by atoms with Crippen molar-refractivity contribution in [3.05, 3.63) is 40.6 Å². The Balaban J connectivity index is 1.91. The molecule has 0 heterocycles. The minimum atomic E-state index is -0.971. The lowest BCUT2D eigenvalue weighted by Crippen LogP contribution is -2.32. The molecule has 2 rings (SSSR count). The quantitative estimate of drug-likeness (QED) is 0.648. The lowest BCUT2D eigenvalue weighted by Gasteiger charge is -2.19. The number of carbonyl (C=O) groups excluding carboxylic acids is 2. The van der Waals surface area contributed by atoms with E-state index in [2.05, 4.69) is 21.2 Å². The lowest BCUT2D eigenvalue weighted by atomic mass is 9.95. The van der Waals surface area contributed by atoms with E-state index in [1.54, 1.807) is 6.07 Å². The SMILES string of the molecule is C[C@H](OC(=O)[C@H]1CC=CCC1)C(=O)Nc1ccc(Br)cc1F. The van der Waals surface area contributed by atoms with Gasteiger partial charge in [0.2, 0.25) is 0 Å². The second-order valence-corrected chi connectivity index (χ2v) is 6.09. The number of esters is 1. The molecule has 0 saturated heterocycles. The van der Waals surface area contributed by atoms with Gasteiger partial charge in [-0.25, -0.2) is 4.39 Å². The van der Waals surface area contributed by atoms with Crippen molar-refractivity contribution in [3.8, 4) is 0 Å². The van der Waals surface area contributed by atoms with Crippen molar-refractivity contribution >= 4 is 33.5 Å². The largest absolute Gasteiger partial charge is 0.452 e. The zero-order valence-corrected chi connectivity index (χ0v) is 13.7. The third kappa shape index (κ3) is 4.40. The van der Waals surface area contributed by atoms with Crippen LogP contribution in [0.1, 0.15) is 26.2 Å². The standard InChI is InChI=1S/C16H17BrFNO3/c1-10(22-16(21)11-5-3-2-4-6-11)15(20)19-14-8-7-12(17)9-13(14)18/h2-3,7-11H,4-6H2,1H3,(H,19,20)/t10-,11-/m0/s1. The van der Waals surface area contributed by atoms with Crippen molar-refractivity contribution in [3.63, 3.8) is 0 Å². The molecule has 22 heavy (non-hydrogen) atoms. The molecule has 1 aliphatic rings. The number of carbonyl (C=O) groups is 2. The zero-order chi connectivity index (χ0) is 16.1. The average molecular weight is 370 g/mol. The number of anilines is 1. The summed E-state index contributed by atoms with van der Waals surface area (Å²) in [6, 6.07) is 4.31. The minimum absolute atomic E-state index is 0.0525. The topological polar surface area (TPSA) is 55.4 Å². The fraction of sp³-hybridized carbons (Fsp3) is 0.375. The maximum Gasteiger partial charge on any atom is 0.310 e. The number of allylic oxidation sites excluding steroid dienone is 2. The minimum Gasteiger partial charge on any atom is -0.452 e. The summed E-state index contributed by atoms with van der Waals surface area (Å²) in [5.74, 6) is -1.70. The van der Waals surface area contributed by atoms with E-state index < -0.39 is 17.8 Å². The van der Waals surface area contributed by atoms with Gasteiger partial charge < -0.3 is 10.1 Å². The Morgan fingerprint density at radius 3 is 2.82 bits per heavy atom. The summed E-state index contributed by atoms with van der Waals surface area (Å²) in [6.45, 7) is 1.47. The van der Waals surface area contributed by atoms with Crippen molar-refractivity contribution < 1.29 is 18.7 Å². The molecule has 0 fully saturated rings. The van der Waals surface area contributed by atoms with Crippen LogP contribution < -0.4 is 5.32 Å². The van der Waals surface area contributed by atoms with Gasteiger partial charge in [0.05, 0.1) is 11.6 Å². The van der Waals surface area contributed by atoms with Crippen LogP contribution in [0.2, 0.25) is 0 Å². The molecule has 0 aromatic heterocycles. The van der Waals surface area contributed by atoms with Gasteiger partial charge >= 0.3 is 5.97 Å². The summed E-state index contributed by atoms with van der Waals surface area (Å²) in [6.07, 6.45) is 5.19. The van der Waals surface area contributed by atoms with E-state index in [4.69, 9.17) is 4.74 Å². The smallest absolute Gasteiger partial charge is 0.310 e. The number of rotatable bonds is 4. The van der Waals surface area contributed by atoms with Crippen molar-refractivity contribution in [2.45, 2.75) is 32.3 Å². The van der Waals surface area contributed by atoms with Gasteiger partial charge in [-0.15, -0.1) is 0 Å². The van der Waals surface area contributed by atoms with E-state index in [-0.39, 0.29) is 17.6 Å². The molecule has 0 aliphatic heterocycles. The van der Waals surface area contributed by atoms with Crippen LogP contribution in [0.5, 0.6) is 0 Å². The van der Waals surface area contributed by atoms with Gasteiger partial charge in [-0.3, -0.25) is 9.59 Å². The molecule has 4 nitrogen and oxygen atoms in total. The first kappa shape index (κ1) is 16.7. The predicted octanol–water partition coefficient (Wildman–Crippen LogP) is 3.81. The predicted molar refractivity (Wildman–Crippen MR) is 84.8 cm³/mol. The fourth-order valence-corrected chi connectivity index (χ4v) is 2.49. The summed E-state index contributed by atoms with van der Waals surface area (Å²) in [7, 11) is 0. The molecule has 0 bridgehead atoms. The van der Waals surface area contributed by atoms with E-state index >= 15 is 0 Å². The summed E-state index contributed by atoms with van der Waals surface area (Å²) >= 11 is 3.14. The van der Waals surface area contributed by atoms with Crippen LogP contribution >= 0.6 is 15.9 Å². The van der Waals surface area contributed by atoms with Crippen molar-refractivity contribution in [1.29, 1.82) is 0 Å². The highest BCUT2D eigenvalue weighted by Gasteiger charge is 2.25. The molecule has 2 atom stereocenters. The van der Waals surface area contributed by atoms with Gasteiger partial charge in [0.15, 0.2) is 6.10 Å². The summed E-state index contributed by atoms with van der Waals surface area (Å²) in [5.41, 5.74) is 0.0525. The molecule has 0 unspecified atom stereocenters. The molecule has 0 spiro atoms. The molecule has 1 amide bonds. The Kier molecular flexibility index (Phi) is 5.71. The van der Waals surface area contributed by atoms with Gasteiger partial charge in [0.1, 0.15) is 5.82 Å². The highest BCUT2D eigenvalue weighted by Crippen LogP contribution is 2.21. The van der Waals surface area contributed by atoms with Crippen molar-refractivity contribution in [2.75, 3.05) is 5.32 Å². The summed E-state index contributed by atoms with van der Waals surface area (Å²) < 4.78 is 19.4. The van der Waals surface area contributed by atoms with Crippen molar-refractivity contribution in [2.24, 2.45) is 5.92 Å². The molecule has 1 N–H and O–H groups in total. The molecule has 6 heteroatoms. The Hall–Kier alpha value is -1.69. The number of amides is 1. The monoisotopic (exact) mass is 369 g/mol. The Morgan fingerprint density at radius 1 is 1.41 bits per heavy atom. The molecule has 1 aromatic carbocycles. The number of hydrogen-bond donors (Lipinski definition) is 1. The normalized spacial score (nSPS) is 18.6. The highest BCUT2D eigenvalue weighted by atomic mass is 79.9. The van der Waals surface area contributed by atoms with Crippen LogP contribution in [0.4, 0.5) is 10.1 Å². The lowest BCUT2D eigenvalue weighted by molar-refractivity contribution is -0.157. The maximum atomic E-state index is 13.7. The van der Waals surface area contributed by atoms with Crippen LogP contribution in [0.15, 0.2) is 34.8 Å². The molecule has 0 radical (unpaired) electrons. The molecule has 1 aromatic rings. The van der Waals surface area contributed by atoms with Crippen molar-refractivity contribution in [1.82, 2.24) is 0 Å². The van der Waals surface area contributed by atoms with Crippen LogP contribution in [0, 0.1) is 11.7 Å². The third-order valence-corrected chi connectivity index (χ3v) is 3.95. The molecule has 1 aliphatic carbocycles. The van der Waals surface area contributed by atoms with Gasteiger partial charge in [0, 0.05) is 4.47 Å². The Bertz CT molecular complexity index is 603. The van der Waals surface area contributed by atoms with Crippen LogP contribution in [0.3, 0.4) is 0 Å². The molecular formula is C16H17BrFNO3. The summed E-state index contributed by atoms with van der Waals surface area (Å²) in [5, 5.41) is 2.42. The van der Waals surface area contributed by atoms with E-state index in [1.165, 1.54) is 19.1 Å². The first-order chi connectivity index (χ1) is 10.5. The summed E-state index contributed by atoms with van der Waals surface area (Å²) in [4.78, 5) is 23.9. The number of halogens is 2. The van der Waals surface area contributed by atoms with E-state index in [0.29, 0.717) is 10.9 Å². The fourth-order valence-electron chi connectivity index (χ4n) is 2.16. The van der Waals surface area contributed by atoms with E-state index in [0.717, 1.165) is 12.8 Å². The molecule has 118 valence electrons. The van der Waals surface area contributed by atoms with Gasteiger partial charge in [-0.1, -0.05) is 28.1 Å². The molecular weight excluding hydrogens is 353 g/mol. The van der Waals surface area contributed by atoms with Gasteiger partial charge in [0.25, 0.3) is 5.91 Å². The Morgan fingerprint density at radius 2 is 2.18 bits per heavy atom. The van der Waals surface area contributed by atoms with Crippen LogP contribution in [-0.2, 0) is 14.3 Å². The number of ether oxygens (including phenoxy) is 1. The first-order valence-electron chi connectivity index (χ1n) is 7.09. The number of hydrogen-bond acceptors (Lipinski definition) is 3. The third-order valence-electron chi connectivity index (χ3n) is 3.45. The van der Waals surface area contributed by atoms with E-state index in [1.807, 2.05) is 12.2 Å². The zero-order valence-electron chi connectivity index (χ0n) is 12.1. The number of benzene rings is 1. The molecule has 0 saturated carbocycles. The van der Waals surface area contributed by atoms with E-state index in [9.17, 15) is 14.0 Å². The maximum absolute atomic E-state index is 13.7. The number of nitrogens with one attached hydrogen (secondary N) is 1. The van der Waals surface area contributed by atoms with Crippen LogP contribution in [-0.4, -0.2) is 18.0 Å². The van der Waals surface area contributed by atoms with Crippen LogP contribution in [0.25, 0.3) is 0 Å². The van der Waals surface area contributed by atoms with Gasteiger partial charge in [-0.05, 0) is 44.4 Å². The Labute approximate surface area is 136 Å². The average Bonchev–Trinajstić information content (AvgIpc) is 2.50. The first-order valence-corrected chi connectivity index (χ1v) is 7.88. The highest BCUT2D eigenvalue weighted by molar-refractivity contribution is 9.10. The second-order valence-electron chi connectivity index (χ2n) is 5.17.